The van der Waals surface area contributed by atoms with E-state index in [1.165, 1.54) is 46.9 Å². The van der Waals surface area contributed by atoms with Crippen LogP contribution in [-0.2, 0) is 16.1 Å². The van der Waals surface area contributed by atoms with Gasteiger partial charge in [0.05, 0.1) is 16.3 Å². The van der Waals surface area contributed by atoms with Crippen molar-refractivity contribution in [3.63, 3.8) is 0 Å². The second-order valence-corrected chi connectivity index (χ2v) is 7.47. The molecule has 2 heterocycles. The van der Waals surface area contributed by atoms with E-state index in [0.717, 1.165) is 0 Å². The lowest BCUT2D eigenvalue weighted by molar-refractivity contribution is -0.383. The van der Waals surface area contributed by atoms with Gasteiger partial charge in [0.1, 0.15) is 5.69 Å². The Kier molecular flexibility index (Phi) is 5.92. The Hall–Kier alpha value is -3.37. The molecule has 0 fully saturated rings. The average Bonchev–Trinajstić information content (AvgIpc) is 3.38. The van der Waals surface area contributed by atoms with Crippen molar-refractivity contribution in [2.75, 3.05) is 5.32 Å². The van der Waals surface area contributed by atoms with Crippen molar-refractivity contribution in [3.05, 3.63) is 78.7 Å². The topological polar surface area (TPSA) is 118 Å². The Morgan fingerprint density at radius 3 is 2.54 bits per heavy atom. The Morgan fingerprint density at radius 1 is 1.04 bits per heavy atom. The van der Waals surface area contributed by atoms with Gasteiger partial charge in [-0.1, -0.05) is 12.1 Å². The molecular formula is C18H13N3O5S2. The minimum Gasteiger partial charge on any atom is -0.343 e. The van der Waals surface area contributed by atoms with Gasteiger partial charge >= 0.3 is 11.8 Å². The second kappa shape index (κ2) is 8.55. The third-order valence-corrected chi connectivity index (χ3v) is 5.41. The van der Waals surface area contributed by atoms with Gasteiger partial charge in [0, 0.05) is 21.9 Å². The van der Waals surface area contributed by atoms with Crippen LogP contribution in [0.3, 0.4) is 0 Å². The van der Waals surface area contributed by atoms with Gasteiger partial charge < -0.3 is 10.6 Å². The number of nitro groups is 1. The van der Waals surface area contributed by atoms with Crippen LogP contribution >= 0.6 is 22.7 Å². The van der Waals surface area contributed by atoms with Crippen molar-refractivity contribution in [2.24, 2.45) is 0 Å². The van der Waals surface area contributed by atoms with Crippen molar-refractivity contribution in [2.45, 2.75) is 6.54 Å². The summed E-state index contributed by atoms with van der Waals surface area (Å²) in [4.78, 5) is 47.8. The average molecular weight is 415 g/mol. The lowest BCUT2D eigenvalue weighted by Crippen LogP contribution is -2.34. The Bertz CT molecular complexity index is 1040. The van der Waals surface area contributed by atoms with Crippen LogP contribution in [0.4, 0.5) is 11.4 Å². The molecule has 10 heteroatoms. The first-order valence-electron chi connectivity index (χ1n) is 7.94. The Morgan fingerprint density at radius 2 is 1.82 bits per heavy atom. The molecule has 0 spiro atoms. The summed E-state index contributed by atoms with van der Waals surface area (Å²) in [6, 6.07) is 10.6. The maximum atomic E-state index is 12.3. The maximum absolute atomic E-state index is 12.3. The zero-order valence-corrected chi connectivity index (χ0v) is 15.8. The largest absolute Gasteiger partial charge is 0.343 e. The zero-order chi connectivity index (χ0) is 20.1. The molecule has 28 heavy (non-hydrogen) atoms. The number of benzene rings is 1. The standard InChI is InChI=1S/C18H13N3O5S2/c22-16(11-7-8-27-10-11)15-6-5-12(28-15)9-19-17(23)18(24)20-13-3-1-2-4-14(13)21(25)26/h1-8,10H,9H2,(H,19,23)(H,20,24). The number of nitro benzene ring substituents is 1. The third kappa shape index (κ3) is 4.48. The lowest BCUT2D eigenvalue weighted by Gasteiger charge is -2.06. The lowest BCUT2D eigenvalue weighted by atomic mass is 10.2. The van der Waals surface area contributed by atoms with Crippen LogP contribution in [0.15, 0.2) is 53.2 Å². The second-order valence-electron chi connectivity index (χ2n) is 5.52. The number of hydrogen-bond acceptors (Lipinski definition) is 7. The molecule has 0 aliphatic rings. The van der Waals surface area contributed by atoms with E-state index in [2.05, 4.69) is 10.6 Å². The summed E-state index contributed by atoms with van der Waals surface area (Å²) in [5, 5.41) is 19.2. The highest BCUT2D eigenvalue weighted by atomic mass is 32.1. The van der Waals surface area contributed by atoms with Crippen molar-refractivity contribution in [1.82, 2.24) is 5.32 Å². The van der Waals surface area contributed by atoms with Crippen molar-refractivity contribution in [1.29, 1.82) is 0 Å². The smallest absolute Gasteiger partial charge is 0.313 e. The molecule has 2 N–H and O–H groups in total. The minimum absolute atomic E-state index is 0.0602. The molecule has 2 aromatic heterocycles. The quantitative estimate of drug-likeness (QED) is 0.277. The van der Waals surface area contributed by atoms with E-state index in [-0.39, 0.29) is 23.7 Å². The van der Waals surface area contributed by atoms with E-state index in [9.17, 15) is 24.5 Å². The highest BCUT2D eigenvalue weighted by Gasteiger charge is 2.19. The monoisotopic (exact) mass is 415 g/mol. The van der Waals surface area contributed by atoms with Gasteiger partial charge in [0.15, 0.2) is 0 Å². The fourth-order valence-corrected chi connectivity index (χ4v) is 3.84. The number of thiophene rings is 2. The summed E-state index contributed by atoms with van der Waals surface area (Å²) in [6.45, 7) is 0.0602. The fraction of sp³-hybridized carbons (Fsp3) is 0.0556. The SMILES string of the molecule is O=C(NCc1ccc(C(=O)c2ccsc2)s1)C(=O)Nc1ccccc1[N+](=O)[O-]. The molecule has 0 radical (unpaired) electrons. The van der Waals surface area contributed by atoms with Crippen LogP contribution in [0, 0.1) is 10.1 Å². The first kappa shape index (κ1) is 19.4. The van der Waals surface area contributed by atoms with Gasteiger partial charge in [0.25, 0.3) is 5.69 Å². The predicted molar refractivity (Wildman–Crippen MR) is 106 cm³/mol. The molecule has 0 aliphatic carbocycles. The van der Waals surface area contributed by atoms with Crippen molar-refractivity contribution in [3.8, 4) is 0 Å². The predicted octanol–water partition coefficient (Wildman–Crippen LogP) is 3.20. The van der Waals surface area contributed by atoms with Gasteiger partial charge in [-0.05, 0) is 29.6 Å². The molecule has 0 bridgehead atoms. The molecular weight excluding hydrogens is 402 g/mol. The van der Waals surface area contributed by atoms with E-state index in [1.807, 2.05) is 5.38 Å². The molecule has 0 aliphatic heterocycles. The highest BCUT2D eigenvalue weighted by molar-refractivity contribution is 7.14. The summed E-state index contributed by atoms with van der Waals surface area (Å²) in [5.41, 5.74) is 0.233. The summed E-state index contributed by atoms with van der Waals surface area (Å²) in [5.74, 6) is -2.05. The number of para-hydroxylation sites is 2. The third-order valence-electron chi connectivity index (χ3n) is 3.65. The van der Waals surface area contributed by atoms with E-state index in [1.54, 1.807) is 23.6 Å². The van der Waals surface area contributed by atoms with E-state index < -0.39 is 16.7 Å². The van der Waals surface area contributed by atoms with Gasteiger partial charge in [0.2, 0.25) is 5.78 Å². The molecule has 0 unspecified atom stereocenters. The van der Waals surface area contributed by atoms with Crippen molar-refractivity contribution < 1.29 is 19.3 Å². The summed E-state index contributed by atoms with van der Waals surface area (Å²) < 4.78 is 0. The van der Waals surface area contributed by atoms with Gasteiger partial charge in [-0.25, -0.2) is 0 Å². The van der Waals surface area contributed by atoms with Crippen LogP contribution in [0.1, 0.15) is 20.1 Å². The van der Waals surface area contributed by atoms with Crippen molar-refractivity contribution >= 4 is 51.6 Å². The number of nitrogens with zero attached hydrogens (tertiary/aromatic N) is 1. The first-order valence-corrected chi connectivity index (χ1v) is 9.70. The zero-order valence-electron chi connectivity index (χ0n) is 14.2. The van der Waals surface area contributed by atoms with Gasteiger partial charge in [-0.15, -0.1) is 11.3 Å². The number of ketones is 1. The molecule has 3 aromatic rings. The molecule has 3 rings (SSSR count). The first-order chi connectivity index (χ1) is 13.5. The highest BCUT2D eigenvalue weighted by Crippen LogP contribution is 2.23. The minimum atomic E-state index is -1.01. The normalized spacial score (nSPS) is 10.3. The summed E-state index contributed by atoms with van der Waals surface area (Å²) in [6.07, 6.45) is 0. The number of hydrogen-bond donors (Lipinski definition) is 2. The number of carbonyl (C=O) groups is 3. The van der Waals surface area contributed by atoms with Gasteiger partial charge in [-0.3, -0.25) is 24.5 Å². The maximum Gasteiger partial charge on any atom is 0.313 e. The Balaban J connectivity index is 1.58. The van der Waals surface area contributed by atoms with Gasteiger partial charge in [-0.2, -0.15) is 11.3 Å². The number of carbonyl (C=O) groups excluding carboxylic acids is 3. The Labute approximate surface area is 167 Å². The van der Waals surface area contributed by atoms with Crippen LogP contribution < -0.4 is 10.6 Å². The molecule has 0 saturated heterocycles. The molecule has 2 amide bonds. The van der Waals surface area contributed by atoms with Crippen LogP contribution in [0.25, 0.3) is 0 Å². The number of nitrogens with one attached hydrogen (secondary N) is 2. The van der Waals surface area contributed by atoms with Crippen LogP contribution in [-0.4, -0.2) is 22.5 Å². The van der Waals surface area contributed by atoms with E-state index >= 15 is 0 Å². The van der Waals surface area contributed by atoms with E-state index in [0.29, 0.717) is 15.3 Å². The number of rotatable bonds is 6. The molecule has 8 nitrogen and oxygen atoms in total. The fourth-order valence-electron chi connectivity index (χ4n) is 2.30. The van der Waals surface area contributed by atoms with E-state index in [4.69, 9.17) is 0 Å². The molecule has 0 saturated carbocycles. The molecule has 142 valence electrons. The summed E-state index contributed by atoms with van der Waals surface area (Å²) in [7, 11) is 0. The number of anilines is 1. The van der Waals surface area contributed by atoms with Crippen LogP contribution in [0.2, 0.25) is 0 Å². The summed E-state index contributed by atoms with van der Waals surface area (Å²) >= 11 is 2.65. The molecule has 1 aromatic carbocycles. The van der Waals surface area contributed by atoms with Crippen LogP contribution in [0.5, 0.6) is 0 Å². The molecule has 0 atom stereocenters. The number of amides is 2.